The Morgan fingerprint density at radius 3 is 2.30 bits per heavy atom. The fourth-order valence-electron chi connectivity index (χ4n) is 1.53. The van der Waals surface area contributed by atoms with E-state index < -0.39 is 5.97 Å². The average molecular weight is 272 g/mol. The van der Waals surface area contributed by atoms with E-state index in [0.29, 0.717) is 11.3 Å². The van der Waals surface area contributed by atoms with Crippen LogP contribution >= 0.6 is 0 Å². The van der Waals surface area contributed by atoms with Gasteiger partial charge in [0.25, 0.3) is 5.56 Å². The summed E-state index contributed by atoms with van der Waals surface area (Å²) in [5.41, 5.74) is 0.250. The van der Waals surface area contributed by atoms with Gasteiger partial charge in [0.15, 0.2) is 11.5 Å². The Kier molecular flexibility index (Phi) is 3.74. The van der Waals surface area contributed by atoms with Crippen molar-refractivity contribution in [3.63, 3.8) is 0 Å². The smallest absolute Gasteiger partial charge is 0.364 e. The van der Waals surface area contributed by atoms with Crippen LogP contribution in [0.15, 0.2) is 41.2 Å². The summed E-state index contributed by atoms with van der Waals surface area (Å²) >= 11 is 0. The molecule has 0 unspecified atom stereocenters. The lowest BCUT2D eigenvalue weighted by Crippen LogP contribution is -2.22. The van der Waals surface area contributed by atoms with Gasteiger partial charge in [-0.3, -0.25) is 9.59 Å². The lowest BCUT2D eigenvalue weighted by molar-refractivity contribution is 0.0726. The number of aryl methyl sites for hydroxylation is 1. The molecule has 0 aliphatic rings. The van der Waals surface area contributed by atoms with Gasteiger partial charge in [-0.15, -0.1) is 0 Å². The second-order valence-corrected chi connectivity index (χ2v) is 4.15. The maximum absolute atomic E-state index is 11.8. The second kappa shape index (κ2) is 5.48. The van der Waals surface area contributed by atoms with Gasteiger partial charge in [0.2, 0.25) is 0 Å². The molecule has 6 heteroatoms. The van der Waals surface area contributed by atoms with Crippen LogP contribution in [0.5, 0.6) is 5.75 Å². The number of hydrogen-bond donors (Lipinski definition) is 0. The van der Waals surface area contributed by atoms with Crippen LogP contribution in [0.2, 0.25) is 0 Å². The van der Waals surface area contributed by atoms with Crippen molar-refractivity contribution in [1.82, 2.24) is 9.78 Å². The molecule has 1 aromatic heterocycles. The summed E-state index contributed by atoms with van der Waals surface area (Å²) in [6.45, 7) is 1.45. The highest BCUT2D eigenvalue weighted by molar-refractivity contribution is 5.94. The number of rotatable bonds is 3. The van der Waals surface area contributed by atoms with Crippen molar-refractivity contribution >= 4 is 11.8 Å². The molecule has 0 fully saturated rings. The molecule has 0 aliphatic heterocycles. The van der Waals surface area contributed by atoms with E-state index >= 15 is 0 Å². The van der Waals surface area contributed by atoms with Gasteiger partial charge in [0.05, 0.1) is 0 Å². The molecule has 6 nitrogen and oxygen atoms in total. The number of ketones is 1. The Bertz CT molecular complexity index is 717. The third-order valence-corrected chi connectivity index (χ3v) is 2.64. The molecule has 0 radical (unpaired) electrons. The third kappa shape index (κ3) is 2.97. The van der Waals surface area contributed by atoms with E-state index in [9.17, 15) is 14.4 Å². The van der Waals surface area contributed by atoms with E-state index in [4.69, 9.17) is 4.74 Å². The largest absolute Gasteiger partial charge is 0.422 e. The zero-order valence-corrected chi connectivity index (χ0v) is 11.0. The summed E-state index contributed by atoms with van der Waals surface area (Å²) in [5, 5.41) is 3.79. The number of carbonyl (C=O) groups is 2. The predicted octanol–water partition coefficient (Wildman–Crippen LogP) is 1.20. The third-order valence-electron chi connectivity index (χ3n) is 2.64. The van der Waals surface area contributed by atoms with Crippen LogP contribution < -0.4 is 10.3 Å². The number of esters is 1. The fourth-order valence-corrected chi connectivity index (χ4v) is 1.53. The van der Waals surface area contributed by atoms with Gasteiger partial charge in [-0.05, 0) is 37.3 Å². The van der Waals surface area contributed by atoms with E-state index in [2.05, 4.69) is 5.10 Å². The molecule has 0 aliphatic carbocycles. The van der Waals surface area contributed by atoms with E-state index in [-0.39, 0.29) is 17.0 Å². The molecule has 0 saturated carbocycles. The van der Waals surface area contributed by atoms with E-state index in [1.54, 1.807) is 12.1 Å². The van der Waals surface area contributed by atoms with Crippen LogP contribution in [0.25, 0.3) is 0 Å². The topological polar surface area (TPSA) is 78.3 Å². The minimum absolute atomic E-state index is 0.0303. The first-order valence-corrected chi connectivity index (χ1v) is 5.85. The van der Waals surface area contributed by atoms with E-state index in [0.717, 1.165) is 4.68 Å². The molecule has 1 heterocycles. The molecule has 0 amide bonds. The summed E-state index contributed by atoms with van der Waals surface area (Å²) in [7, 11) is 1.45. The SMILES string of the molecule is CC(=O)c1ccc(OC(=O)c2ccc(=O)n(C)n2)cc1. The first kappa shape index (κ1) is 13.7. The van der Waals surface area contributed by atoms with Crippen molar-refractivity contribution in [3.8, 4) is 5.75 Å². The number of ether oxygens (including phenoxy) is 1. The van der Waals surface area contributed by atoms with Crippen LogP contribution in [-0.2, 0) is 7.05 Å². The van der Waals surface area contributed by atoms with Crippen molar-refractivity contribution in [2.45, 2.75) is 6.92 Å². The zero-order chi connectivity index (χ0) is 14.7. The van der Waals surface area contributed by atoms with E-state index in [1.165, 1.54) is 38.2 Å². The molecule has 0 atom stereocenters. The molecular weight excluding hydrogens is 260 g/mol. The molecule has 102 valence electrons. The number of nitrogens with zero attached hydrogens (tertiary/aromatic N) is 2. The normalized spacial score (nSPS) is 10.1. The van der Waals surface area contributed by atoms with Crippen LogP contribution in [0, 0.1) is 0 Å². The van der Waals surface area contributed by atoms with Gasteiger partial charge >= 0.3 is 5.97 Å². The van der Waals surface area contributed by atoms with E-state index in [1.807, 2.05) is 0 Å². The van der Waals surface area contributed by atoms with Crippen LogP contribution in [0.1, 0.15) is 27.8 Å². The van der Waals surface area contributed by atoms with Gasteiger partial charge in [0.1, 0.15) is 5.75 Å². The van der Waals surface area contributed by atoms with Crippen molar-refractivity contribution in [2.75, 3.05) is 0 Å². The second-order valence-electron chi connectivity index (χ2n) is 4.15. The monoisotopic (exact) mass is 272 g/mol. The number of benzene rings is 1. The van der Waals surface area contributed by atoms with Crippen LogP contribution in [0.4, 0.5) is 0 Å². The Morgan fingerprint density at radius 1 is 1.10 bits per heavy atom. The first-order chi connectivity index (χ1) is 9.47. The summed E-state index contributed by atoms with van der Waals surface area (Å²) in [6, 6.07) is 8.72. The maximum atomic E-state index is 11.8. The molecule has 2 aromatic rings. The fraction of sp³-hybridized carbons (Fsp3) is 0.143. The van der Waals surface area contributed by atoms with Gasteiger partial charge in [-0.2, -0.15) is 5.10 Å². The number of carbonyl (C=O) groups excluding carboxylic acids is 2. The maximum Gasteiger partial charge on any atom is 0.364 e. The van der Waals surface area contributed by atoms with Crippen LogP contribution in [0.3, 0.4) is 0 Å². The number of aromatic nitrogens is 2. The standard InChI is InChI=1S/C14H12N2O4/c1-9(17)10-3-5-11(6-4-10)20-14(19)12-7-8-13(18)16(2)15-12/h3-8H,1-2H3. The van der Waals surface area contributed by atoms with Gasteiger partial charge in [-0.1, -0.05) is 0 Å². The highest BCUT2D eigenvalue weighted by Crippen LogP contribution is 2.13. The Hall–Kier alpha value is -2.76. The number of Topliss-reactive ketones (excluding diaryl/α,β-unsaturated/α-hetero) is 1. The molecule has 2 rings (SSSR count). The Balaban J connectivity index is 2.16. The molecule has 0 bridgehead atoms. The highest BCUT2D eigenvalue weighted by atomic mass is 16.5. The minimum Gasteiger partial charge on any atom is -0.422 e. The van der Waals surface area contributed by atoms with Crippen molar-refractivity contribution in [1.29, 1.82) is 0 Å². The minimum atomic E-state index is -0.670. The molecule has 0 spiro atoms. The summed E-state index contributed by atoms with van der Waals surface area (Å²) in [6.07, 6.45) is 0. The van der Waals surface area contributed by atoms with Crippen LogP contribution in [-0.4, -0.2) is 21.5 Å². The van der Waals surface area contributed by atoms with Crippen molar-refractivity contribution in [2.24, 2.45) is 7.05 Å². The summed E-state index contributed by atoms with van der Waals surface area (Å²) < 4.78 is 6.15. The highest BCUT2D eigenvalue weighted by Gasteiger charge is 2.11. The lowest BCUT2D eigenvalue weighted by Gasteiger charge is -2.05. The predicted molar refractivity (Wildman–Crippen MR) is 70.9 cm³/mol. The van der Waals surface area contributed by atoms with Gasteiger partial charge in [0, 0.05) is 18.7 Å². The molecule has 20 heavy (non-hydrogen) atoms. The van der Waals surface area contributed by atoms with Crippen molar-refractivity contribution < 1.29 is 14.3 Å². The Morgan fingerprint density at radius 2 is 1.75 bits per heavy atom. The molecule has 1 aromatic carbocycles. The molecule has 0 N–H and O–H groups in total. The quantitative estimate of drug-likeness (QED) is 0.476. The van der Waals surface area contributed by atoms with Gasteiger partial charge in [-0.25, -0.2) is 9.48 Å². The lowest BCUT2D eigenvalue weighted by atomic mass is 10.1. The first-order valence-electron chi connectivity index (χ1n) is 5.85. The zero-order valence-electron chi connectivity index (χ0n) is 11.0. The summed E-state index contributed by atoms with van der Waals surface area (Å²) in [5.74, 6) is -0.436. The summed E-state index contributed by atoms with van der Waals surface area (Å²) in [4.78, 5) is 34.1. The molecular formula is C14H12N2O4. The van der Waals surface area contributed by atoms with Crippen molar-refractivity contribution in [3.05, 3.63) is 58.0 Å². The average Bonchev–Trinajstić information content (AvgIpc) is 2.42. The Labute approximate surface area is 114 Å². The molecule has 0 saturated heterocycles. The number of hydrogen-bond acceptors (Lipinski definition) is 5. The van der Waals surface area contributed by atoms with Gasteiger partial charge < -0.3 is 4.74 Å².